The van der Waals surface area contributed by atoms with Crippen LogP contribution in [0.3, 0.4) is 0 Å². The lowest BCUT2D eigenvalue weighted by molar-refractivity contribution is -0.383. The van der Waals surface area contributed by atoms with Gasteiger partial charge in [0.2, 0.25) is 11.6 Å². The van der Waals surface area contributed by atoms with Crippen molar-refractivity contribution in [1.82, 2.24) is 9.97 Å². The highest BCUT2D eigenvalue weighted by Crippen LogP contribution is 2.31. The Morgan fingerprint density at radius 2 is 2.04 bits per heavy atom. The van der Waals surface area contributed by atoms with Crippen molar-refractivity contribution in [2.75, 3.05) is 23.8 Å². The number of anilines is 3. The van der Waals surface area contributed by atoms with Gasteiger partial charge >= 0.3 is 11.7 Å². The lowest BCUT2D eigenvalue weighted by Crippen LogP contribution is -2.11. The number of nitrogens with one attached hydrogen (secondary N) is 2. The summed E-state index contributed by atoms with van der Waals surface area (Å²) in [5.41, 5.74) is 0.576. The molecule has 0 bridgehead atoms. The summed E-state index contributed by atoms with van der Waals surface area (Å²) >= 11 is 0. The molecule has 0 fully saturated rings. The maximum Gasteiger partial charge on any atom is 0.353 e. The maximum atomic E-state index is 11.9. The molecule has 0 unspecified atom stereocenters. The van der Waals surface area contributed by atoms with E-state index in [0.29, 0.717) is 23.7 Å². The highest BCUT2D eigenvalue weighted by atomic mass is 16.6. The Kier molecular flexibility index (Phi) is 7.04. The Morgan fingerprint density at radius 3 is 2.70 bits per heavy atom. The van der Waals surface area contributed by atoms with Crippen LogP contribution >= 0.6 is 0 Å². The number of aromatic nitrogens is 2. The van der Waals surface area contributed by atoms with Gasteiger partial charge in [-0.1, -0.05) is 19.9 Å². The van der Waals surface area contributed by atoms with E-state index in [9.17, 15) is 14.9 Å². The van der Waals surface area contributed by atoms with Gasteiger partial charge < -0.3 is 15.4 Å². The fourth-order valence-corrected chi connectivity index (χ4v) is 2.33. The Balaban J connectivity index is 2.26. The van der Waals surface area contributed by atoms with Crippen LogP contribution in [0.4, 0.5) is 23.0 Å². The van der Waals surface area contributed by atoms with Gasteiger partial charge in [0.15, 0.2) is 0 Å². The molecule has 1 heterocycles. The summed E-state index contributed by atoms with van der Waals surface area (Å²) in [5.74, 6) is 0.193. The van der Waals surface area contributed by atoms with Crippen LogP contribution in [0.15, 0.2) is 30.6 Å². The largest absolute Gasteiger partial charge is 0.462 e. The highest BCUT2D eigenvalue weighted by molar-refractivity contribution is 5.91. The van der Waals surface area contributed by atoms with Crippen LogP contribution in [-0.2, 0) is 4.74 Å². The third-order valence-corrected chi connectivity index (χ3v) is 3.66. The van der Waals surface area contributed by atoms with E-state index in [4.69, 9.17) is 4.74 Å². The molecule has 1 aromatic carbocycles. The highest BCUT2D eigenvalue weighted by Gasteiger charge is 2.23. The van der Waals surface area contributed by atoms with Gasteiger partial charge in [0.1, 0.15) is 6.33 Å². The number of benzene rings is 1. The van der Waals surface area contributed by atoms with Crippen molar-refractivity contribution in [2.45, 2.75) is 27.2 Å². The van der Waals surface area contributed by atoms with Gasteiger partial charge in [-0.25, -0.2) is 14.8 Å². The summed E-state index contributed by atoms with van der Waals surface area (Å²) in [5, 5.41) is 17.4. The number of carbonyl (C=O) groups is 1. The third-order valence-electron chi connectivity index (χ3n) is 3.66. The second-order valence-corrected chi connectivity index (χ2v) is 6.21. The molecule has 0 saturated carbocycles. The topological polar surface area (TPSA) is 119 Å². The molecule has 0 aliphatic carbocycles. The minimum Gasteiger partial charge on any atom is -0.462 e. The first-order valence-corrected chi connectivity index (χ1v) is 8.69. The zero-order valence-electron chi connectivity index (χ0n) is 15.6. The van der Waals surface area contributed by atoms with Crippen molar-refractivity contribution in [3.63, 3.8) is 0 Å². The van der Waals surface area contributed by atoms with E-state index in [0.717, 1.165) is 6.42 Å². The molecule has 27 heavy (non-hydrogen) atoms. The lowest BCUT2D eigenvalue weighted by Gasteiger charge is -2.11. The number of rotatable bonds is 9. The number of ether oxygens (including phenoxy) is 1. The summed E-state index contributed by atoms with van der Waals surface area (Å²) in [6.45, 7) is 6.68. The first-order chi connectivity index (χ1) is 12.9. The fourth-order valence-electron chi connectivity index (χ4n) is 2.33. The molecule has 0 spiro atoms. The van der Waals surface area contributed by atoms with Gasteiger partial charge in [-0.2, -0.15) is 0 Å². The van der Waals surface area contributed by atoms with Crippen molar-refractivity contribution in [3.05, 3.63) is 46.3 Å². The average molecular weight is 373 g/mol. The van der Waals surface area contributed by atoms with Gasteiger partial charge in [-0.05, 0) is 37.5 Å². The summed E-state index contributed by atoms with van der Waals surface area (Å²) in [6, 6.07) is 6.50. The molecule has 1 aromatic heterocycles. The second-order valence-electron chi connectivity index (χ2n) is 6.21. The Bertz CT molecular complexity index is 810. The molecule has 0 aliphatic heterocycles. The van der Waals surface area contributed by atoms with E-state index in [-0.39, 0.29) is 23.9 Å². The van der Waals surface area contributed by atoms with Gasteiger partial charge in [-0.3, -0.25) is 10.1 Å². The predicted molar refractivity (Wildman–Crippen MR) is 102 cm³/mol. The predicted octanol–water partition coefficient (Wildman–Crippen LogP) is 3.76. The van der Waals surface area contributed by atoms with E-state index in [1.807, 2.05) is 0 Å². The van der Waals surface area contributed by atoms with E-state index in [2.05, 4.69) is 34.4 Å². The molecular weight excluding hydrogens is 350 g/mol. The zero-order valence-corrected chi connectivity index (χ0v) is 15.6. The van der Waals surface area contributed by atoms with E-state index in [1.165, 1.54) is 6.33 Å². The summed E-state index contributed by atoms with van der Waals surface area (Å²) in [6.07, 6.45) is 2.10. The number of carbonyl (C=O) groups excluding carboxylic acids is 1. The number of nitro groups is 1. The molecule has 9 nitrogen and oxygen atoms in total. The summed E-state index contributed by atoms with van der Waals surface area (Å²) in [7, 11) is 0. The quantitative estimate of drug-likeness (QED) is 0.387. The van der Waals surface area contributed by atoms with Gasteiger partial charge in [-0.15, -0.1) is 0 Å². The smallest absolute Gasteiger partial charge is 0.353 e. The number of nitrogens with zero attached hydrogens (tertiary/aromatic N) is 3. The Labute approximate surface area is 157 Å². The third kappa shape index (κ3) is 5.63. The lowest BCUT2D eigenvalue weighted by atomic mass is 10.1. The molecule has 9 heteroatoms. The molecular formula is C18H23N5O4. The van der Waals surface area contributed by atoms with Crippen LogP contribution in [0, 0.1) is 16.0 Å². The standard InChI is InChI=1S/C18H23N5O4/c1-4-27-18(24)13-6-5-7-14(10-13)22-17-15(23(25)26)16(20-11-21-17)19-9-8-12(2)3/h5-7,10-12H,4,8-9H2,1-3H3,(H2,19,20,21,22). The van der Waals surface area contributed by atoms with E-state index < -0.39 is 10.9 Å². The first kappa shape index (κ1) is 20.1. The number of hydrogen-bond donors (Lipinski definition) is 2. The van der Waals surface area contributed by atoms with Crippen LogP contribution in [0.2, 0.25) is 0 Å². The van der Waals surface area contributed by atoms with Crippen molar-refractivity contribution in [3.8, 4) is 0 Å². The summed E-state index contributed by atoms with van der Waals surface area (Å²) in [4.78, 5) is 30.9. The van der Waals surface area contributed by atoms with Gasteiger partial charge in [0.25, 0.3) is 0 Å². The SMILES string of the molecule is CCOC(=O)c1cccc(Nc2ncnc(NCCC(C)C)c2[N+](=O)[O-])c1. The Morgan fingerprint density at radius 1 is 1.30 bits per heavy atom. The minimum absolute atomic E-state index is 0.0445. The minimum atomic E-state index is -0.533. The van der Waals surface area contributed by atoms with Crippen LogP contribution in [0.5, 0.6) is 0 Å². The fraction of sp³-hybridized carbons (Fsp3) is 0.389. The van der Waals surface area contributed by atoms with E-state index >= 15 is 0 Å². The van der Waals surface area contributed by atoms with E-state index in [1.54, 1.807) is 31.2 Å². The monoisotopic (exact) mass is 373 g/mol. The maximum absolute atomic E-state index is 11.9. The molecule has 2 rings (SSSR count). The molecule has 0 radical (unpaired) electrons. The van der Waals surface area contributed by atoms with Crippen molar-refractivity contribution in [2.24, 2.45) is 5.92 Å². The summed E-state index contributed by atoms with van der Waals surface area (Å²) < 4.78 is 4.97. The van der Waals surface area contributed by atoms with Crippen LogP contribution in [0.25, 0.3) is 0 Å². The molecule has 0 atom stereocenters. The van der Waals surface area contributed by atoms with Crippen LogP contribution in [-0.4, -0.2) is 34.0 Å². The number of hydrogen-bond acceptors (Lipinski definition) is 8. The first-order valence-electron chi connectivity index (χ1n) is 8.69. The van der Waals surface area contributed by atoms with Crippen molar-refractivity contribution < 1.29 is 14.5 Å². The zero-order chi connectivity index (χ0) is 19.8. The van der Waals surface area contributed by atoms with Crippen LogP contribution < -0.4 is 10.6 Å². The molecule has 0 amide bonds. The van der Waals surface area contributed by atoms with Crippen LogP contribution in [0.1, 0.15) is 37.6 Å². The van der Waals surface area contributed by atoms with Crippen molar-refractivity contribution in [1.29, 1.82) is 0 Å². The average Bonchev–Trinajstić information content (AvgIpc) is 2.61. The molecule has 2 aromatic rings. The number of esters is 1. The normalized spacial score (nSPS) is 10.5. The van der Waals surface area contributed by atoms with Gasteiger partial charge in [0.05, 0.1) is 17.1 Å². The second kappa shape index (κ2) is 9.46. The molecule has 2 N–H and O–H groups in total. The molecule has 0 aliphatic rings. The Hall–Kier alpha value is -3.23. The molecule has 144 valence electrons. The molecule has 0 saturated heterocycles. The van der Waals surface area contributed by atoms with Crippen molar-refractivity contribution >= 4 is 29.0 Å². The van der Waals surface area contributed by atoms with Gasteiger partial charge in [0, 0.05) is 12.2 Å².